The second-order valence-electron chi connectivity index (χ2n) is 8.09. The molecule has 11 heteroatoms. The number of methoxy groups -OCH3 is 2. The van der Waals surface area contributed by atoms with Gasteiger partial charge in [0.1, 0.15) is 18.0 Å². The van der Waals surface area contributed by atoms with E-state index >= 15 is 0 Å². The van der Waals surface area contributed by atoms with E-state index in [0.717, 1.165) is 16.7 Å². The number of esters is 1. The molecule has 188 valence electrons. The number of para-hydroxylation sites is 1. The van der Waals surface area contributed by atoms with E-state index in [4.69, 9.17) is 14.2 Å². The zero-order chi connectivity index (χ0) is 25.5. The third kappa shape index (κ3) is 5.87. The summed E-state index contributed by atoms with van der Waals surface area (Å²) in [7, 11) is 3.20. The molecule has 0 aliphatic rings. The van der Waals surface area contributed by atoms with Crippen LogP contribution in [0.4, 0.5) is 0 Å². The fourth-order valence-electron chi connectivity index (χ4n) is 3.94. The topological polar surface area (TPSA) is 124 Å². The zero-order valence-electron chi connectivity index (χ0n) is 20.4. The number of benzene rings is 2. The first-order valence-corrected chi connectivity index (χ1v) is 11.5. The molecular weight excluding hydrogens is 464 g/mol. The highest BCUT2D eigenvalue weighted by Crippen LogP contribution is 2.22. The van der Waals surface area contributed by atoms with Crippen LogP contribution in [0.15, 0.2) is 53.3 Å². The number of carbonyl (C=O) groups is 1. The molecule has 36 heavy (non-hydrogen) atoms. The van der Waals surface area contributed by atoms with Crippen LogP contribution in [0.5, 0.6) is 11.5 Å². The highest BCUT2D eigenvalue weighted by atomic mass is 16.5. The molecule has 0 radical (unpaired) electrons. The summed E-state index contributed by atoms with van der Waals surface area (Å²) in [6.07, 6.45) is 0. The van der Waals surface area contributed by atoms with Crippen molar-refractivity contribution in [1.82, 2.24) is 30.1 Å². The predicted molar refractivity (Wildman–Crippen MR) is 132 cm³/mol. The molecule has 0 bridgehead atoms. The number of H-pyrrole nitrogens is 1. The molecule has 0 saturated carbocycles. The summed E-state index contributed by atoms with van der Waals surface area (Å²) in [6, 6.07) is 15.1. The van der Waals surface area contributed by atoms with E-state index in [9.17, 15) is 9.59 Å². The number of carbonyl (C=O) groups excluding carboxylic acids is 1. The Labute approximate surface area is 207 Å². The van der Waals surface area contributed by atoms with Gasteiger partial charge >= 0.3 is 5.97 Å². The summed E-state index contributed by atoms with van der Waals surface area (Å²) in [6.45, 7) is 2.96. The molecule has 0 spiro atoms. The van der Waals surface area contributed by atoms with Crippen molar-refractivity contribution in [3.8, 4) is 11.5 Å². The Morgan fingerprint density at radius 2 is 1.83 bits per heavy atom. The summed E-state index contributed by atoms with van der Waals surface area (Å²) >= 11 is 0. The standard InChI is InChI=1S/C25H28N6O5/c1-4-36-24(32)16-31-23(27-28-29-31)15-30(13-18-7-5-6-8-22(18)35-3)14-19-11-17-9-10-20(34-2)12-21(17)26-25(19)33/h5-12H,4,13-16H2,1-3H3,(H,26,33). The summed E-state index contributed by atoms with van der Waals surface area (Å²) in [4.78, 5) is 29.9. The van der Waals surface area contributed by atoms with Crippen LogP contribution >= 0.6 is 0 Å². The van der Waals surface area contributed by atoms with Crippen molar-refractivity contribution in [2.75, 3.05) is 20.8 Å². The van der Waals surface area contributed by atoms with E-state index < -0.39 is 5.97 Å². The van der Waals surface area contributed by atoms with Crippen molar-refractivity contribution in [1.29, 1.82) is 0 Å². The number of aromatic amines is 1. The lowest BCUT2D eigenvalue weighted by Gasteiger charge is -2.23. The fraction of sp³-hybridized carbons (Fsp3) is 0.320. The number of tetrazole rings is 1. The molecule has 4 aromatic rings. The number of nitrogens with one attached hydrogen (secondary N) is 1. The molecule has 1 N–H and O–H groups in total. The van der Waals surface area contributed by atoms with E-state index in [0.29, 0.717) is 35.7 Å². The maximum absolute atomic E-state index is 13.0. The van der Waals surface area contributed by atoms with Gasteiger partial charge in [-0.3, -0.25) is 14.5 Å². The van der Waals surface area contributed by atoms with Crippen LogP contribution < -0.4 is 15.0 Å². The Kier molecular flexibility index (Phi) is 7.91. The monoisotopic (exact) mass is 492 g/mol. The van der Waals surface area contributed by atoms with Gasteiger partial charge < -0.3 is 19.2 Å². The first-order valence-electron chi connectivity index (χ1n) is 11.5. The molecule has 2 heterocycles. The largest absolute Gasteiger partial charge is 0.497 e. The number of nitrogens with zero attached hydrogens (tertiary/aromatic N) is 5. The van der Waals surface area contributed by atoms with Crippen LogP contribution in [0.25, 0.3) is 10.9 Å². The van der Waals surface area contributed by atoms with Gasteiger partial charge in [0.05, 0.1) is 32.9 Å². The summed E-state index contributed by atoms with van der Waals surface area (Å²) in [5.41, 5.74) is 2.00. The predicted octanol–water partition coefficient (Wildman–Crippen LogP) is 2.30. The number of fused-ring (bicyclic) bond motifs is 1. The van der Waals surface area contributed by atoms with E-state index in [1.807, 2.05) is 47.4 Å². The number of rotatable bonds is 11. The van der Waals surface area contributed by atoms with E-state index in [2.05, 4.69) is 20.5 Å². The van der Waals surface area contributed by atoms with Crippen LogP contribution in [0, 0.1) is 0 Å². The van der Waals surface area contributed by atoms with Crippen LogP contribution in [0.3, 0.4) is 0 Å². The average Bonchev–Trinajstić information content (AvgIpc) is 3.30. The molecule has 11 nitrogen and oxygen atoms in total. The maximum atomic E-state index is 13.0. The molecule has 0 aliphatic carbocycles. The minimum atomic E-state index is -0.427. The van der Waals surface area contributed by atoms with Gasteiger partial charge in [-0.2, -0.15) is 0 Å². The second-order valence-corrected chi connectivity index (χ2v) is 8.09. The second kappa shape index (κ2) is 11.5. The number of aromatic nitrogens is 5. The van der Waals surface area contributed by atoms with Crippen LogP contribution in [0.2, 0.25) is 0 Å². The molecule has 2 aromatic heterocycles. The summed E-state index contributed by atoms with van der Waals surface area (Å²) in [5.74, 6) is 1.44. The SMILES string of the molecule is CCOC(=O)Cn1nnnc1CN(Cc1ccccc1OC)Cc1cc2ccc(OC)cc2[nH]c1=O. The van der Waals surface area contributed by atoms with Gasteiger partial charge in [0, 0.05) is 30.3 Å². The van der Waals surface area contributed by atoms with Gasteiger partial charge in [-0.05, 0) is 47.0 Å². The summed E-state index contributed by atoms with van der Waals surface area (Å²) in [5, 5.41) is 12.7. The van der Waals surface area contributed by atoms with Gasteiger partial charge in [-0.25, -0.2) is 4.68 Å². The minimum absolute atomic E-state index is 0.100. The third-order valence-electron chi connectivity index (χ3n) is 5.67. The van der Waals surface area contributed by atoms with Crippen molar-refractivity contribution in [3.05, 3.63) is 75.8 Å². The molecule has 0 atom stereocenters. The third-order valence-corrected chi connectivity index (χ3v) is 5.67. The lowest BCUT2D eigenvalue weighted by Crippen LogP contribution is -2.28. The van der Waals surface area contributed by atoms with Crippen molar-refractivity contribution in [2.24, 2.45) is 0 Å². The molecule has 0 unspecified atom stereocenters. The van der Waals surface area contributed by atoms with Gasteiger partial charge in [0.25, 0.3) is 5.56 Å². The molecule has 2 aromatic carbocycles. The van der Waals surface area contributed by atoms with E-state index in [1.54, 1.807) is 27.2 Å². The van der Waals surface area contributed by atoms with Crippen molar-refractivity contribution < 1.29 is 19.0 Å². The highest BCUT2D eigenvalue weighted by Gasteiger charge is 2.18. The first kappa shape index (κ1) is 24.9. The number of hydrogen-bond acceptors (Lipinski definition) is 9. The average molecular weight is 493 g/mol. The lowest BCUT2D eigenvalue weighted by molar-refractivity contribution is -0.144. The van der Waals surface area contributed by atoms with Gasteiger partial charge in [0.15, 0.2) is 5.82 Å². The molecule has 0 fully saturated rings. The number of pyridine rings is 1. The zero-order valence-corrected chi connectivity index (χ0v) is 20.4. The van der Waals surface area contributed by atoms with Crippen molar-refractivity contribution in [3.63, 3.8) is 0 Å². The molecule has 4 rings (SSSR count). The van der Waals surface area contributed by atoms with E-state index in [-0.39, 0.29) is 25.3 Å². The minimum Gasteiger partial charge on any atom is -0.497 e. The summed E-state index contributed by atoms with van der Waals surface area (Å²) < 4.78 is 17.2. The smallest absolute Gasteiger partial charge is 0.327 e. The Bertz CT molecular complexity index is 1400. The van der Waals surface area contributed by atoms with Gasteiger partial charge in [-0.15, -0.1) is 5.10 Å². The lowest BCUT2D eigenvalue weighted by atomic mass is 10.1. The highest BCUT2D eigenvalue weighted by molar-refractivity contribution is 5.80. The Morgan fingerprint density at radius 3 is 2.61 bits per heavy atom. The van der Waals surface area contributed by atoms with Gasteiger partial charge in [-0.1, -0.05) is 18.2 Å². The quantitative estimate of drug-likeness (QED) is 0.314. The maximum Gasteiger partial charge on any atom is 0.327 e. The van der Waals surface area contributed by atoms with Gasteiger partial charge in [0.2, 0.25) is 0 Å². The van der Waals surface area contributed by atoms with Crippen molar-refractivity contribution >= 4 is 16.9 Å². The molecular formula is C25H28N6O5. The first-order chi connectivity index (χ1) is 17.5. The normalized spacial score (nSPS) is 11.1. The van der Waals surface area contributed by atoms with E-state index in [1.165, 1.54) is 4.68 Å². The van der Waals surface area contributed by atoms with Crippen molar-refractivity contribution in [2.45, 2.75) is 33.1 Å². The molecule has 0 saturated heterocycles. The molecule has 0 aliphatic heterocycles. The van der Waals surface area contributed by atoms with Crippen LogP contribution in [-0.4, -0.2) is 56.9 Å². The Hall–Kier alpha value is -4.25. The fourth-order valence-corrected chi connectivity index (χ4v) is 3.94. The number of hydrogen-bond donors (Lipinski definition) is 1. The van der Waals surface area contributed by atoms with Crippen LogP contribution in [-0.2, 0) is 35.7 Å². The molecule has 0 amide bonds. The Balaban J connectivity index is 1.65. The number of ether oxygens (including phenoxy) is 3. The Morgan fingerprint density at radius 1 is 1.03 bits per heavy atom. The van der Waals surface area contributed by atoms with Crippen LogP contribution in [0.1, 0.15) is 23.9 Å².